The lowest BCUT2D eigenvalue weighted by Gasteiger charge is -2.39. The monoisotopic (exact) mass is 464 g/mol. The zero-order chi connectivity index (χ0) is 24.0. The van der Waals surface area contributed by atoms with Gasteiger partial charge >= 0.3 is 0 Å². The number of aromatic hydroxyl groups is 4. The quantitative estimate of drug-likeness (QED) is 0.229. The van der Waals surface area contributed by atoms with E-state index in [0.29, 0.717) is 0 Å². The van der Waals surface area contributed by atoms with Crippen LogP contribution in [0.1, 0.15) is 0 Å². The Labute approximate surface area is 184 Å². The highest BCUT2D eigenvalue weighted by Gasteiger charge is 2.45. The number of hydrogen-bond acceptors (Lipinski definition) is 12. The normalized spacial score (nSPS) is 25.3. The maximum Gasteiger partial charge on any atom is 0.229 e. The highest BCUT2D eigenvalue weighted by atomic mass is 16.7. The summed E-state index contributed by atoms with van der Waals surface area (Å²) in [4.78, 5) is 12.6. The molecule has 1 aromatic heterocycles. The molecule has 176 valence electrons. The Bertz CT molecular complexity index is 1250. The molecule has 0 amide bonds. The summed E-state index contributed by atoms with van der Waals surface area (Å²) in [6, 6.07) is 5.72. The number of phenols is 4. The van der Waals surface area contributed by atoms with Crippen LogP contribution in [0, 0.1) is 0 Å². The summed E-state index contributed by atoms with van der Waals surface area (Å²) < 4.78 is 16.2. The summed E-state index contributed by atoms with van der Waals surface area (Å²) in [5.41, 5.74) is -0.778. The molecule has 1 saturated heterocycles. The molecule has 0 spiro atoms. The van der Waals surface area contributed by atoms with Crippen molar-refractivity contribution >= 4 is 11.0 Å². The van der Waals surface area contributed by atoms with Crippen molar-refractivity contribution in [2.24, 2.45) is 0 Å². The van der Waals surface area contributed by atoms with Crippen molar-refractivity contribution in [2.75, 3.05) is 6.61 Å². The molecule has 0 aliphatic carbocycles. The largest absolute Gasteiger partial charge is 0.504 e. The molecular weight excluding hydrogens is 444 g/mol. The number of benzene rings is 2. The highest BCUT2D eigenvalue weighted by Crippen LogP contribution is 2.43. The van der Waals surface area contributed by atoms with Gasteiger partial charge in [-0.05, 0) is 18.2 Å². The van der Waals surface area contributed by atoms with Crippen molar-refractivity contribution < 1.29 is 54.7 Å². The van der Waals surface area contributed by atoms with Gasteiger partial charge in [0, 0.05) is 17.7 Å². The van der Waals surface area contributed by atoms with Crippen LogP contribution < -0.4 is 10.2 Å². The zero-order valence-corrected chi connectivity index (χ0v) is 16.7. The van der Waals surface area contributed by atoms with Gasteiger partial charge in [-0.25, -0.2) is 0 Å². The van der Waals surface area contributed by atoms with Crippen LogP contribution in [0.25, 0.3) is 22.3 Å². The predicted molar refractivity (Wildman–Crippen MR) is 109 cm³/mol. The summed E-state index contributed by atoms with van der Waals surface area (Å²) in [7, 11) is 0. The average Bonchev–Trinajstić information content (AvgIpc) is 2.78. The van der Waals surface area contributed by atoms with Gasteiger partial charge in [0.1, 0.15) is 41.1 Å². The number of rotatable bonds is 4. The van der Waals surface area contributed by atoms with E-state index in [-0.39, 0.29) is 28.0 Å². The van der Waals surface area contributed by atoms with Gasteiger partial charge in [-0.2, -0.15) is 0 Å². The fourth-order valence-electron chi connectivity index (χ4n) is 3.47. The van der Waals surface area contributed by atoms with Crippen LogP contribution in [0.15, 0.2) is 39.5 Å². The lowest BCUT2D eigenvalue weighted by atomic mass is 9.99. The van der Waals surface area contributed by atoms with Gasteiger partial charge < -0.3 is 54.7 Å². The van der Waals surface area contributed by atoms with Crippen molar-refractivity contribution in [1.82, 2.24) is 0 Å². The van der Waals surface area contributed by atoms with E-state index >= 15 is 0 Å². The second kappa shape index (κ2) is 8.42. The number of fused-ring (bicyclic) bond motifs is 1. The molecule has 1 aliphatic heterocycles. The summed E-state index contributed by atoms with van der Waals surface area (Å²) in [6.45, 7) is -0.711. The van der Waals surface area contributed by atoms with E-state index in [4.69, 9.17) is 13.9 Å². The Balaban J connectivity index is 1.77. The molecule has 1 fully saturated rings. The van der Waals surface area contributed by atoms with Crippen LogP contribution in [0.4, 0.5) is 0 Å². The number of aliphatic hydroxyl groups excluding tert-OH is 4. The first-order valence-electron chi connectivity index (χ1n) is 9.64. The lowest BCUT2D eigenvalue weighted by molar-refractivity contribution is -0.277. The third-order valence-electron chi connectivity index (χ3n) is 5.28. The zero-order valence-electron chi connectivity index (χ0n) is 16.7. The van der Waals surface area contributed by atoms with Crippen LogP contribution in [0.3, 0.4) is 0 Å². The fourth-order valence-corrected chi connectivity index (χ4v) is 3.47. The van der Waals surface area contributed by atoms with E-state index in [1.807, 2.05) is 0 Å². The van der Waals surface area contributed by atoms with E-state index < -0.39 is 65.7 Å². The Kier molecular flexibility index (Phi) is 5.78. The van der Waals surface area contributed by atoms with Crippen molar-refractivity contribution in [1.29, 1.82) is 0 Å². The minimum Gasteiger partial charge on any atom is -0.504 e. The van der Waals surface area contributed by atoms with Crippen LogP contribution >= 0.6 is 0 Å². The summed E-state index contributed by atoms with van der Waals surface area (Å²) in [5.74, 6) is -3.18. The molecule has 1 aliphatic rings. The SMILES string of the molecule is O=c1cc(-c2ccc(O)c(O)c2)oc2cc(O[C@@H]3OC(CO)[C@H](O)[C@H](O)C3O)c(O)c(O)c12. The summed E-state index contributed by atoms with van der Waals surface area (Å²) in [6.07, 6.45) is -8.13. The van der Waals surface area contributed by atoms with E-state index in [0.717, 1.165) is 18.2 Å². The minimum atomic E-state index is -1.79. The predicted octanol–water partition coefficient (Wildman–Crippen LogP) is -0.539. The first-order chi connectivity index (χ1) is 15.6. The molecule has 3 aromatic rings. The third-order valence-corrected chi connectivity index (χ3v) is 5.28. The van der Waals surface area contributed by atoms with Crippen LogP contribution in [0.2, 0.25) is 0 Å². The van der Waals surface area contributed by atoms with Gasteiger partial charge in [0.2, 0.25) is 12.0 Å². The smallest absolute Gasteiger partial charge is 0.229 e. The van der Waals surface area contributed by atoms with E-state index in [1.54, 1.807) is 0 Å². The molecule has 12 heteroatoms. The topological polar surface area (TPSA) is 211 Å². The van der Waals surface area contributed by atoms with Gasteiger partial charge in [-0.3, -0.25) is 4.79 Å². The molecule has 2 aromatic carbocycles. The summed E-state index contributed by atoms with van der Waals surface area (Å²) in [5, 5.41) is 78.6. The minimum absolute atomic E-state index is 0.0494. The maximum atomic E-state index is 12.6. The van der Waals surface area contributed by atoms with Gasteiger partial charge in [0.05, 0.1) is 6.61 Å². The Morgan fingerprint density at radius 2 is 1.61 bits per heavy atom. The first-order valence-corrected chi connectivity index (χ1v) is 9.64. The molecule has 0 bridgehead atoms. The van der Waals surface area contributed by atoms with Crippen LogP contribution in [-0.4, -0.2) is 78.2 Å². The molecule has 8 N–H and O–H groups in total. The van der Waals surface area contributed by atoms with Gasteiger partial charge in [-0.15, -0.1) is 0 Å². The number of phenolic OH excluding ortho intramolecular Hbond substituents is 4. The standard InChI is InChI=1S/C21H20O12/c22-6-14-17(27)19(29)20(30)21(33-14)32-13-5-12-15(18(28)16(13)26)10(25)4-11(31-12)7-1-2-8(23)9(24)3-7/h1-5,14,17,19-24,26-30H,6H2/t14?,17-,19-,20?,21+/m0/s1. The van der Waals surface area contributed by atoms with E-state index in [9.17, 15) is 45.6 Å². The van der Waals surface area contributed by atoms with Crippen molar-refractivity contribution in [3.8, 4) is 40.1 Å². The highest BCUT2D eigenvalue weighted by molar-refractivity contribution is 5.89. The Morgan fingerprint density at radius 3 is 2.27 bits per heavy atom. The Morgan fingerprint density at radius 1 is 0.879 bits per heavy atom. The van der Waals surface area contributed by atoms with E-state index in [2.05, 4.69) is 0 Å². The third kappa shape index (κ3) is 3.90. The molecule has 4 rings (SSSR count). The number of ether oxygens (including phenoxy) is 2. The summed E-state index contributed by atoms with van der Waals surface area (Å²) >= 11 is 0. The van der Waals surface area contributed by atoms with Crippen LogP contribution in [-0.2, 0) is 4.74 Å². The second-order valence-electron chi connectivity index (χ2n) is 7.44. The van der Waals surface area contributed by atoms with Crippen LogP contribution in [0.5, 0.6) is 28.7 Å². The molecule has 2 heterocycles. The molecule has 2 unspecified atom stereocenters. The molecule has 5 atom stereocenters. The molecule has 33 heavy (non-hydrogen) atoms. The van der Waals surface area contributed by atoms with Gasteiger partial charge in [0.25, 0.3) is 0 Å². The van der Waals surface area contributed by atoms with Crippen molar-refractivity contribution in [3.63, 3.8) is 0 Å². The molecule has 12 nitrogen and oxygen atoms in total. The van der Waals surface area contributed by atoms with Gasteiger partial charge in [-0.1, -0.05) is 0 Å². The molecular formula is C21H20O12. The van der Waals surface area contributed by atoms with Crippen molar-refractivity contribution in [3.05, 3.63) is 40.6 Å². The second-order valence-corrected chi connectivity index (χ2v) is 7.44. The van der Waals surface area contributed by atoms with Crippen molar-refractivity contribution in [2.45, 2.75) is 30.7 Å². The fraction of sp³-hybridized carbons (Fsp3) is 0.286. The molecule has 0 radical (unpaired) electrons. The lowest BCUT2D eigenvalue weighted by Crippen LogP contribution is -2.60. The molecule has 0 saturated carbocycles. The average molecular weight is 464 g/mol. The Hall–Kier alpha value is -3.55. The maximum absolute atomic E-state index is 12.6. The van der Waals surface area contributed by atoms with E-state index in [1.165, 1.54) is 12.1 Å². The number of aliphatic hydroxyl groups is 4. The first kappa shape index (κ1) is 22.6. The van der Waals surface area contributed by atoms with Gasteiger partial charge in [0.15, 0.2) is 28.4 Å². The number of hydrogen-bond donors (Lipinski definition) is 8.